The Bertz CT molecular complexity index is 1420. The van der Waals surface area contributed by atoms with Gasteiger partial charge in [-0.05, 0) is 41.8 Å². The third kappa shape index (κ3) is 4.40. The average Bonchev–Trinajstić information content (AvgIpc) is 3.50. The molecule has 5 rings (SSSR count). The summed E-state index contributed by atoms with van der Waals surface area (Å²) in [5.41, 5.74) is 4.92. The summed E-state index contributed by atoms with van der Waals surface area (Å²) < 4.78 is 1.69. The van der Waals surface area contributed by atoms with Crippen LogP contribution in [-0.4, -0.2) is 39.9 Å². The number of benzene rings is 2. The van der Waals surface area contributed by atoms with Crippen molar-refractivity contribution in [2.45, 2.75) is 19.9 Å². The van der Waals surface area contributed by atoms with Crippen molar-refractivity contribution in [2.75, 3.05) is 23.4 Å². The lowest BCUT2D eigenvalue weighted by atomic mass is 10.0. The number of carbonyl (C=O) groups excluding carboxylic acids is 1. The minimum absolute atomic E-state index is 0.0807. The summed E-state index contributed by atoms with van der Waals surface area (Å²) in [4.78, 5) is 32.6. The van der Waals surface area contributed by atoms with Crippen molar-refractivity contribution in [3.8, 4) is 11.1 Å². The SMILES string of the molecule is CCNC(=O)Nc1nc2cc(-c3ccn(Cc4ccccc4)c(=O)c3)cc(N3CCC=N3)c2[nH]1. The first kappa shape index (κ1) is 21.4. The topological polar surface area (TPSA) is 107 Å². The molecule has 1 aliphatic rings. The quantitative estimate of drug-likeness (QED) is 0.411. The van der Waals surface area contributed by atoms with Crippen molar-refractivity contribution in [3.63, 3.8) is 0 Å². The van der Waals surface area contributed by atoms with E-state index in [1.165, 1.54) is 0 Å². The van der Waals surface area contributed by atoms with E-state index in [4.69, 9.17) is 0 Å². The van der Waals surface area contributed by atoms with E-state index in [1.807, 2.05) is 72.9 Å². The number of hydrogen-bond donors (Lipinski definition) is 3. The van der Waals surface area contributed by atoms with Gasteiger partial charge in [-0.15, -0.1) is 0 Å². The fourth-order valence-electron chi connectivity index (χ4n) is 4.01. The van der Waals surface area contributed by atoms with Gasteiger partial charge in [0.05, 0.1) is 23.3 Å². The number of fused-ring (bicyclic) bond motifs is 1. The van der Waals surface area contributed by atoms with Gasteiger partial charge in [0.15, 0.2) is 0 Å². The van der Waals surface area contributed by atoms with Gasteiger partial charge in [0.1, 0.15) is 0 Å². The fraction of sp³-hybridized carbons (Fsp3) is 0.200. The van der Waals surface area contributed by atoms with Gasteiger partial charge in [0, 0.05) is 38.0 Å². The Morgan fingerprint density at radius 1 is 1.12 bits per heavy atom. The Labute approximate surface area is 196 Å². The molecule has 0 atom stereocenters. The van der Waals surface area contributed by atoms with Gasteiger partial charge in [-0.1, -0.05) is 30.3 Å². The second-order valence-electron chi connectivity index (χ2n) is 8.04. The molecule has 3 heterocycles. The maximum Gasteiger partial charge on any atom is 0.321 e. The third-order valence-corrected chi connectivity index (χ3v) is 5.64. The fourth-order valence-corrected chi connectivity index (χ4v) is 4.01. The molecule has 0 unspecified atom stereocenters. The molecule has 2 aromatic carbocycles. The van der Waals surface area contributed by atoms with Gasteiger partial charge < -0.3 is 14.9 Å². The molecule has 0 spiro atoms. The minimum atomic E-state index is -0.329. The summed E-state index contributed by atoms with van der Waals surface area (Å²) in [6.45, 7) is 3.62. The second-order valence-corrected chi connectivity index (χ2v) is 8.04. The van der Waals surface area contributed by atoms with Crippen molar-refractivity contribution < 1.29 is 4.79 Å². The number of aromatic amines is 1. The van der Waals surface area contributed by atoms with Crippen LogP contribution in [0.5, 0.6) is 0 Å². The van der Waals surface area contributed by atoms with Crippen molar-refractivity contribution in [2.24, 2.45) is 5.10 Å². The molecule has 3 N–H and O–H groups in total. The van der Waals surface area contributed by atoms with Crippen LogP contribution in [0, 0.1) is 0 Å². The number of anilines is 2. The predicted octanol–water partition coefficient (Wildman–Crippen LogP) is 3.78. The number of amides is 2. The maximum atomic E-state index is 12.9. The number of imidazole rings is 1. The van der Waals surface area contributed by atoms with E-state index < -0.39 is 0 Å². The molecule has 9 heteroatoms. The second kappa shape index (κ2) is 9.22. The molecule has 0 aliphatic carbocycles. The van der Waals surface area contributed by atoms with E-state index in [1.54, 1.807) is 10.6 Å². The highest BCUT2D eigenvalue weighted by Crippen LogP contribution is 2.33. The molecule has 34 heavy (non-hydrogen) atoms. The van der Waals surface area contributed by atoms with Crippen molar-refractivity contribution in [1.29, 1.82) is 0 Å². The number of nitrogens with one attached hydrogen (secondary N) is 3. The Balaban J connectivity index is 1.52. The number of H-pyrrole nitrogens is 1. The molecular formula is C25H25N7O2. The van der Waals surface area contributed by atoms with E-state index in [0.29, 0.717) is 24.6 Å². The van der Waals surface area contributed by atoms with Crippen LogP contribution in [0.3, 0.4) is 0 Å². The Morgan fingerprint density at radius 2 is 1.97 bits per heavy atom. The zero-order valence-electron chi connectivity index (χ0n) is 18.8. The number of rotatable bonds is 6. The number of nitrogens with zero attached hydrogens (tertiary/aromatic N) is 4. The largest absolute Gasteiger partial charge is 0.338 e. The molecule has 0 radical (unpaired) electrons. The summed E-state index contributed by atoms with van der Waals surface area (Å²) in [7, 11) is 0. The number of urea groups is 1. The number of aromatic nitrogens is 3. The lowest BCUT2D eigenvalue weighted by Gasteiger charge is -2.16. The lowest BCUT2D eigenvalue weighted by Crippen LogP contribution is -2.28. The summed E-state index contributed by atoms with van der Waals surface area (Å²) >= 11 is 0. The number of carbonyl (C=O) groups is 1. The van der Waals surface area contributed by atoms with Crippen LogP contribution < -0.4 is 21.2 Å². The predicted molar refractivity (Wildman–Crippen MR) is 134 cm³/mol. The van der Waals surface area contributed by atoms with Gasteiger partial charge in [-0.3, -0.25) is 15.1 Å². The normalized spacial score (nSPS) is 12.9. The Kier molecular flexibility index (Phi) is 5.82. The lowest BCUT2D eigenvalue weighted by molar-refractivity contribution is 0.252. The third-order valence-electron chi connectivity index (χ3n) is 5.64. The number of pyridine rings is 1. The molecule has 172 valence electrons. The van der Waals surface area contributed by atoms with Crippen LogP contribution >= 0.6 is 0 Å². The van der Waals surface area contributed by atoms with E-state index in [0.717, 1.165) is 40.9 Å². The van der Waals surface area contributed by atoms with Gasteiger partial charge in [-0.2, -0.15) is 5.10 Å². The molecule has 0 fully saturated rings. The molecule has 9 nitrogen and oxygen atoms in total. The highest BCUT2D eigenvalue weighted by atomic mass is 16.2. The minimum Gasteiger partial charge on any atom is -0.338 e. The van der Waals surface area contributed by atoms with Gasteiger partial charge in [-0.25, -0.2) is 9.78 Å². The maximum absolute atomic E-state index is 12.9. The van der Waals surface area contributed by atoms with Gasteiger partial charge in [0.25, 0.3) is 5.56 Å². The van der Waals surface area contributed by atoms with E-state index in [2.05, 4.69) is 25.7 Å². The summed E-state index contributed by atoms with van der Waals surface area (Å²) in [6.07, 6.45) is 4.53. The smallest absolute Gasteiger partial charge is 0.321 e. The van der Waals surface area contributed by atoms with Gasteiger partial charge >= 0.3 is 6.03 Å². The Hall–Kier alpha value is -4.40. The number of hydrogen-bond acceptors (Lipinski definition) is 5. The van der Waals surface area contributed by atoms with E-state index in [9.17, 15) is 9.59 Å². The summed E-state index contributed by atoms with van der Waals surface area (Å²) in [5.74, 6) is 0.348. The van der Waals surface area contributed by atoms with Crippen LogP contribution in [0.4, 0.5) is 16.4 Å². The van der Waals surface area contributed by atoms with Crippen molar-refractivity contribution in [3.05, 3.63) is 76.7 Å². The van der Waals surface area contributed by atoms with Crippen LogP contribution in [0.1, 0.15) is 18.9 Å². The molecule has 0 saturated heterocycles. The first-order valence-corrected chi connectivity index (χ1v) is 11.2. The molecule has 2 aromatic heterocycles. The molecule has 4 aromatic rings. The van der Waals surface area contributed by atoms with Crippen LogP contribution in [-0.2, 0) is 6.54 Å². The van der Waals surface area contributed by atoms with Crippen molar-refractivity contribution >= 4 is 34.9 Å². The van der Waals surface area contributed by atoms with Gasteiger partial charge in [0.2, 0.25) is 5.95 Å². The highest BCUT2D eigenvalue weighted by molar-refractivity contribution is 5.97. The molecule has 1 aliphatic heterocycles. The standard InChI is InChI=1S/C25H25N7O2/c1-2-26-25(34)30-24-28-20-13-19(14-21(23(20)29-24)32-11-6-10-27-32)18-9-12-31(22(33)15-18)16-17-7-4-3-5-8-17/h3-5,7-10,12-15H,2,6,11,16H2,1H3,(H3,26,28,29,30,34). The van der Waals surface area contributed by atoms with Crippen molar-refractivity contribution in [1.82, 2.24) is 19.9 Å². The molecule has 0 saturated carbocycles. The average molecular weight is 456 g/mol. The Morgan fingerprint density at radius 3 is 2.71 bits per heavy atom. The molecule has 2 amide bonds. The monoisotopic (exact) mass is 455 g/mol. The molecule has 0 bridgehead atoms. The first-order valence-electron chi connectivity index (χ1n) is 11.2. The summed E-state index contributed by atoms with van der Waals surface area (Å²) in [5, 5.41) is 11.8. The molecular weight excluding hydrogens is 430 g/mol. The van der Waals surface area contributed by atoms with Crippen LogP contribution in [0.2, 0.25) is 0 Å². The van der Waals surface area contributed by atoms with Crippen LogP contribution in [0.15, 0.2) is 70.7 Å². The summed E-state index contributed by atoms with van der Waals surface area (Å²) in [6, 6.07) is 17.0. The highest BCUT2D eigenvalue weighted by Gasteiger charge is 2.18. The first-order chi connectivity index (χ1) is 16.6. The zero-order chi connectivity index (χ0) is 23.5. The number of hydrazone groups is 1. The van der Waals surface area contributed by atoms with E-state index in [-0.39, 0.29) is 11.6 Å². The zero-order valence-corrected chi connectivity index (χ0v) is 18.8. The van der Waals surface area contributed by atoms with E-state index >= 15 is 0 Å². The van der Waals surface area contributed by atoms with Crippen LogP contribution in [0.25, 0.3) is 22.2 Å².